The molecular weight excluding hydrogens is 344 g/mol. The smallest absolute Gasteiger partial charge is 0.321 e. The average molecular weight is 364 g/mol. The van der Waals surface area contributed by atoms with E-state index in [1.54, 1.807) is 24.3 Å². The van der Waals surface area contributed by atoms with Crippen LogP contribution < -0.4 is 10.5 Å². The minimum atomic E-state index is -3.95. The van der Waals surface area contributed by atoms with Crippen LogP contribution in [0.2, 0.25) is 0 Å². The van der Waals surface area contributed by atoms with E-state index in [-0.39, 0.29) is 17.1 Å². The Labute approximate surface area is 147 Å². The maximum absolute atomic E-state index is 13.0. The van der Waals surface area contributed by atoms with Crippen LogP contribution >= 0.6 is 0 Å². The van der Waals surface area contributed by atoms with Crippen LogP contribution in [0.25, 0.3) is 0 Å². The molecule has 0 heterocycles. The summed E-state index contributed by atoms with van der Waals surface area (Å²) >= 11 is 0. The van der Waals surface area contributed by atoms with Crippen molar-refractivity contribution < 1.29 is 22.7 Å². The topological polar surface area (TPSA) is 98.9 Å². The van der Waals surface area contributed by atoms with Gasteiger partial charge < -0.3 is 15.2 Å². The van der Waals surface area contributed by atoms with Gasteiger partial charge >= 0.3 is 5.97 Å². The molecule has 0 spiro atoms. The van der Waals surface area contributed by atoms with Crippen molar-refractivity contribution in [3.05, 3.63) is 54.1 Å². The van der Waals surface area contributed by atoms with Crippen molar-refractivity contribution in [1.29, 1.82) is 0 Å². The summed E-state index contributed by atoms with van der Waals surface area (Å²) in [5.41, 5.74) is 6.75. The molecule has 0 amide bonds. The molecule has 8 heteroatoms. The number of nitrogens with two attached hydrogens (primary N) is 1. The molecule has 2 aromatic rings. The lowest BCUT2D eigenvalue weighted by atomic mass is 10.2. The Morgan fingerprint density at radius 3 is 2.36 bits per heavy atom. The number of hydrogen-bond acceptors (Lipinski definition) is 6. The minimum absolute atomic E-state index is 0.0226. The van der Waals surface area contributed by atoms with Crippen molar-refractivity contribution in [2.75, 3.05) is 26.5 Å². The van der Waals surface area contributed by atoms with Gasteiger partial charge in [0.15, 0.2) is 0 Å². The zero-order valence-electron chi connectivity index (χ0n) is 14.0. The van der Waals surface area contributed by atoms with Gasteiger partial charge in [-0.1, -0.05) is 30.3 Å². The molecule has 2 rings (SSSR count). The monoisotopic (exact) mass is 364 g/mol. The Morgan fingerprint density at radius 2 is 1.80 bits per heavy atom. The van der Waals surface area contributed by atoms with Gasteiger partial charge in [-0.15, -0.1) is 0 Å². The van der Waals surface area contributed by atoms with Gasteiger partial charge in [0.25, 0.3) is 0 Å². The second kappa shape index (κ2) is 8.00. The van der Waals surface area contributed by atoms with Gasteiger partial charge in [-0.3, -0.25) is 4.79 Å². The molecule has 2 aromatic carbocycles. The van der Waals surface area contributed by atoms with Crippen LogP contribution in [-0.4, -0.2) is 39.5 Å². The summed E-state index contributed by atoms with van der Waals surface area (Å²) < 4.78 is 36.6. The number of benzene rings is 2. The molecule has 0 radical (unpaired) electrons. The molecule has 7 nitrogen and oxygen atoms in total. The fraction of sp³-hybridized carbons (Fsp3) is 0.235. The van der Waals surface area contributed by atoms with Crippen LogP contribution in [0.1, 0.15) is 5.56 Å². The maximum atomic E-state index is 13.0. The molecule has 0 saturated carbocycles. The fourth-order valence-corrected chi connectivity index (χ4v) is 3.65. The van der Waals surface area contributed by atoms with Crippen LogP contribution in [0.5, 0.6) is 5.75 Å². The third kappa shape index (κ3) is 4.49. The van der Waals surface area contributed by atoms with Crippen molar-refractivity contribution in [2.45, 2.75) is 11.4 Å². The van der Waals surface area contributed by atoms with Gasteiger partial charge in [-0.05, 0) is 23.8 Å². The van der Waals surface area contributed by atoms with E-state index in [1.165, 1.54) is 32.4 Å². The molecule has 0 aliphatic carbocycles. The van der Waals surface area contributed by atoms with E-state index in [0.717, 1.165) is 9.87 Å². The Kier molecular flexibility index (Phi) is 6.00. The standard InChI is InChI=1S/C17H20N2O5S/c1-23-16-9-8-14(10-15(16)18)25(21,22)19(12-17(20)24-2)11-13-6-4-3-5-7-13/h3-10H,11-12,18H2,1-2H3. The van der Waals surface area contributed by atoms with E-state index in [0.29, 0.717) is 5.75 Å². The molecule has 0 aromatic heterocycles. The summed E-state index contributed by atoms with van der Waals surface area (Å²) in [5.74, 6) is -0.275. The number of nitrogen functional groups attached to an aromatic ring is 1. The lowest BCUT2D eigenvalue weighted by molar-refractivity contribution is -0.140. The van der Waals surface area contributed by atoms with E-state index in [9.17, 15) is 13.2 Å². The first-order valence-electron chi connectivity index (χ1n) is 7.43. The number of hydrogen-bond donors (Lipinski definition) is 1. The molecule has 0 fully saturated rings. The first-order chi connectivity index (χ1) is 11.9. The molecule has 0 saturated heterocycles. The molecule has 25 heavy (non-hydrogen) atoms. The highest BCUT2D eigenvalue weighted by atomic mass is 32.2. The number of methoxy groups -OCH3 is 2. The summed E-state index contributed by atoms with van der Waals surface area (Å²) in [7, 11) is -1.30. The number of anilines is 1. The van der Waals surface area contributed by atoms with Crippen molar-refractivity contribution >= 4 is 21.7 Å². The van der Waals surface area contributed by atoms with E-state index in [1.807, 2.05) is 6.07 Å². The van der Waals surface area contributed by atoms with Gasteiger partial charge in [0, 0.05) is 6.54 Å². The third-order valence-corrected chi connectivity index (χ3v) is 5.36. The van der Waals surface area contributed by atoms with Crippen molar-refractivity contribution in [1.82, 2.24) is 4.31 Å². The molecule has 134 valence electrons. The SMILES string of the molecule is COC(=O)CN(Cc1ccccc1)S(=O)(=O)c1ccc(OC)c(N)c1. The van der Waals surface area contributed by atoms with Crippen LogP contribution in [0.3, 0.4) is 0 Å². The quantitative estimate of drug-likeness (QED) is 0.592. The minimum Gasteiger partial charge on any atom is -0.495 e. The molecule has 0 atom stereocenters. The number of carbonyl (C=O) groups excluding carboxylic acids is 1. The number of ether oxygens (including phenoxy) is 2. The number of carbonyl (C=O) groups is 1. The summed E-state index contributed by atoms with van der Waals surface area (Å²) in [6, 6.07) is 13.1. The zero-order valence-corrected chi connectivity index (χ0v) is 14.8. The van der Waals surface area contributed by atoms with Gasteiger partial charge in [-0.25, -0.2) is 8.42 Å². The number of sulfonamides is 1. The average Bonchev–Trinajstić information content (AvgIpc) is 2.61. The Hall–Kier alpha value is -2.58. The summed E-state index contributed by atoms with van der Waals surface area (Å²) in [4.78, 5) is 11.7. The molecule has 0 unspecified atom stereocenters. The summed E-state index contributed by atoms with van der Waals surface area (Å²) in [5, 5.41) is 0. The predicted molar refractivity (Wildman–Crippen MR) is 93.5 cm³/mol. The van der Waals surface area contributed by atoms with E-state index < -0.39 is 22.5 Å². The normalized spacial score (nSPS) is 11.3. The molecule has 0 aliphatic rings. The molecular formula is C17H20N2O5S. The van der Waals surface area contributed by atoms with Crippen molar-refractivity contribution in [3.8, 4) is 5.75 Å². The lowest BCUT2D eigenvalue weighted by Gasteiger charge is -2.21. The highest BCUT2D eigenvalue weighted by Crippen LogP contribution is 2.27. The van der Waals surface area contributed by atoms with Crippen LogP contribution in [-0.2, 0) is 26.1 Å². The largest absolute Gasteiger partial charge is 0.495 e. The highest BCUT2D eigenvalue weighted by Gasteiger charge is 2.28. The van der Waals surface area contributed by atoms with E-state index >= 15 is 0 Å². The van der Waals surface area contributed by atoms with Gasteiger partial charge in [-0.2, -0.15) is 4.31 Å². The number of rotatable bonds is 7. The van der Waals surface area contributed by atoms with Crippen molar-refractivity contribution in [3.63, 3.8) is 0 Å². The molecule has 0 aliphatic heterocycles. The Bertz CT molecular complexity index is 837. The van der Waals surface area contributed by atoms with E-state index in [2.05, 4.69) is 4.74 Å². The Morgan fingerprint density at radius 1 is 1.12 bits per heavy atom. The zero-order chi connectivity index (χ0) is 18.4. The summed E-state index contributed by atoms with van der Waals surface area (Å²) in [6.45, 7) is -0.371. The highest BCUT2D eigenvalue weighted by molar-refractivity contribution is 7.89. The van der Waals surface area contributed by atoms with Crippen molar-refractivity contribution in [2.24, 2.45) is 0 Å². The van der Waals surface area contributed by atoms with Crippen LogP contribution in [0.15, 0.2) is 53.4 Å². The lowest BCUT2D eigenvalue weighted by Crippen LogP contribution is -2.35. The van der Waals surface area contributed by atoms with Gasteiger partial charge in [0.2, 0.25) is 10.0 Å². The second-order valence-corrected chi connectivity index (χ2v) is 7.18. The molecule has 0 bridgehead atoms. The number of esters is 1. The Balaban J connectivity index is 2.40. The fourth-order valence-electron chi connectivity index (χ4n) is 2.24. The third-order valence-electron chi connectivity index (χ3n) is 3.57. The molecule has 2 N–H and O–H groups in total. The maximum Gasteiger partial charge on any atom is 0.321 e. The number of nitrogens with zero attached hydrogens (tertiary/aromatic N) is 1. The first kappa shape index (κ1) is 18.8. The van der Waals surface area contributed by atoms with Crippen LogP contribution in [0.4, 0.5) is 5.69 Å². The first-order valence-corrected chi connectivity index (χ1v) is 8.87. The predicted octanol–water partition coefficient (Wildman–Crippen LogP) is 1.64. The summed E-state index contributed by atoms with van der Waals surface area (Å²) in [6.07, 6.45) is 0. The van der Waals surface area contributed by atoms with Crippen LogP contribution in [0, 0.1) is 0 Å². The second-order valence-electron chi connectivity index (χ2n) is 5.24. The van der Waals surface area contributed by atoms with Gasteiger partial charge in [0.05, 0.1) is 24.8 Å². The van der Waals surface area contributed by atoms with Gasteiger partial charge in [0.1, 0.15) is 12.3 Å². The van der Waals surface area contributed by atoms with E-state index in [4.69, 9.17) is 10.5 Å².